The predicted molar refractivity (Wildman–Crippen MR) is 96.5 cm³/mol. The van der Waals surface area contributed by atoms with E-state index in [-0.39, 0.29) is 17.4 Å². The van der Waals surface area contributed by atoms with Crippen LogP contribution in [-0.2, 0) is 14.3 Å². The van der Waals surface area contributed by atoms with E-state index in [9.17, 15) is 29.7 Å². The first-order chi connectivity index (χ1) is 13.4. The first-order valence-corrected chi connectivity index (χ1v) is 8.41. The van der Waals surface area contributed by atoms with E-state index in [4.69, 9.17) is 9.47 Å². The lowest BCUT2D eigenvalue weighted by molar-refractivity contribution is -0.138. The molecule has 2 aromatic rings. The van der Waals surface area contributed by atoms with E-state index in [1.165, 1.54) is 24.3 Å². The van der Waals surface area contributed by atoms with Gasteiger partial charge in [0.2, 0.25) is 0 Å². The van der Waals surface area contributed by atoms with Gasteiger partial charge in [0, 0.05) is 0 Å². The minimum atomic E-state index is -1.89. The molecule has 4 atom stereocenters. The Morgan fingerprint density at radius 2 is 1.36 bits per heavy atom. The van der Waals surface area contributed by atoms with E-state index in [0.717, 1.165) is 0 Å². The van der Waals surface area contributed by atoms with Crippen molar-refractivity contribution in [1.82, 2.24) is 0 Å². The second-order valence-electron chi connectivity index (χ2n) is 5.89. The van der Waals surface area contributed by atoms with E-state index in [1.54, 1.807) is 36.4 Å². The van der Waals surface area contributed by atoms with Crippen LogP contribution in [0.3, 0.4) is 0 Å². The van der Waals surface area contributed by atoms with Crippen LogP contribution in [-0.4, -0.2) is 64.6 Å². The van der Waals surface area contributed by atoms with E-state index >= 15 is 0 Å². The maximum absolute atomic E-state index is 12.1. The molecular formula is C20H20O8. The lowest BCUT2D eigenvalue weighted by atomic mass is 10.0. The SMILES string of the molecule is O=CC(O)C(OC(=O)c1ccccc1)C(O)C(O)COC(=O)c1ccccc1. The normalized spacial score (nSPS) is 15.0. The smallest absolute Gasteiger partial charge is 0.338 e. The molecule has 3 N–H and O–H groups in total. The number of aliphatic hydroxyl groups excluding tert-OH is 3. The summed E-state index contributed by atoms with van der Waals surface area (Å²) in [4.78, 5) is 34.9. The van der Waals surface area contributed by atoms with Crippen molar-refractivity contribution in [3.63, 3.8) is 0 Å². The van der Waals surface area contributed by atoms with E-state index in [0.29, 0.717) is 0 Å². The van der Waals surface area contributed by atoms with E-state index in [1.807, 2.05) is 0 Å². The Morgan fingerprint density at radius 1 is 0.857 bits per heavy atom. The lowest BCUT2D eigenvalue weighted by Crippen LogP contribution is -2.49. The molecule has 8 heteroatoms. The lowest BCUT2D eigenvalue weighted by Gasteiger charge is -2.27. The molecular weight excluding hydrogens is 368 g/mol. The van der Waals surface area contributed by atoms with Gasteiger partial charge in [-0.2, -0.15) is 0 Å². The fourth-order valence-electron chi connectivity index (χ4n) is 2.32. The molecule has 0 aromatic heterocycles. The van der Waals surface area contributed by atoms with Gasteiger partial charge in [0.1, 0.15) is 24.9 Å². The number of ether oxygens (including phenoxy) is 2. The molecule has 8 nitrogen and oxygen atoms in total. The minimum Gasteiger partial charge on any atom is -0.459 e. The molecule has 2 rings (SSSR count). The maximum atomic E-state index is 12.1. The number of carbonyl (C=O) groups excluding carboxylic acids is 3. The Hall–Kier alpha value is -3.07. The van der Waals surface area contributed by atoms with Gasteiger partial charge in [-0.15, -0.1) is 0 Å². The third-order valence-electron chi connectivity index (χ3n) is 3.85. The van der Waals surface area contributed by atoms with Crippen LogP contribution in [0.25, 0.3) is 0 Å². The van der Waals surface area contributed by atoms with Gasteiger partial charge in [-0.1, -0.05) is 36.4 Å². The monoisotopic (exact) mass is 388 g/mol. The number of hydrogen-bond acceptors (Lipinski definition) is 8. The van der Waals surface area contributed by atoms with Crippen LogP contribution >= 0.6 is 0 Å². The van der Waals surface area contributed by atoms with Crippen molar-refractivity contribution in [3.05, 3.63) is 71.8 Å². The van der Waals surface area contributed by atoms with Gasteiger partial charge in [0.05, 0.1) is 11.1 Å². The number of rotatable bonds is 9. The van der Waals surface area contributed by atoms with Crippen LogP contribution in [0.15, 0.2) is 60.7 Å². The van der Waals surface area contributed by atoms with Crippen LogP contribution in [0.4, 0.5) is 0 Å². The second kappa shape index (κ2) is 10.3. The van der Waals surface area contributed by atoms with Crippen molar-refractivity contribution in [2.45, 2.75) is 24.4 Å². The molecule has 28 heavy (non-hydrogen) atoms. The standard InChI is InChI=1S/C20H20O8/c21-11-15(22)18(28-20(26)14-9-5-2-6-10-14)17(24)16(23)12-27-19(25)13-7-3-1-4-8-13/h1-11,15-18,22-24H,12H2. The summed E-state index contributed by atoms with van der Waals surface area (Å²) in [7, 11) is 0. The number of benzene rings is 2. The summed E-state index contributed by atoms with van der Waals surface area (Å²) in [6, 6.07) is 15.7. The van der Waals surface area contributed by atoms with Crippen LogP contribution in [0.1, 0.15) is 20.7 Å². The van der Waals surface area contributed by atoms with Crippen LogP contribution in [0.5, 0.6) is 0 Å². The first kappa shape index (κ1) is 21.2. The van der Waals surface area contributed by atoms with Crippen LogP contribution in [0.2, 0.25) is 0 Å². The van der Waals surface area contributed by atoms with Crippen molar-refractivity contribution in [2.24, 2.45) is 0 Å². The van der Waals surface area contributed by atoms with Crippen molar-refractivity contribution in [1.29, 1.82) is 0 Å². The highest BCUT2D eigenvalue weighted by Crippen LogP contribution is 2.13. The Balaban J connectivity index is 2.01. The zero-order valence-corrected chi connectivity index (χ0v) is 14.8. The first-order valence-electron chi connectivity index (χ1n) is 8.41. The summed E-state index contributed by atoms with van der Waals surface area (Å²) in [5, 5.41) is 30.1. The molecule has 0 amide bonds. The third-order valence-corrected chi connectivity index (χ3v) is 3.85. The van der Waals surface area contributed by atoms with Gasteiger partial charge in [0.15, 0.2) is 12.4 Å². The highest BCUT2D eigenvalue weighted by Gasteiger charge is 2.36. The fourth-order valence-corrected chi connectivity index (χ4v) is 2.32. The molecule has 0 aliphatic heterocycles. The molecule has 0 aliphatic rings. The van der Waals surface area contributed by atoms with E-state index in [2.05, 4.69) is 0 Å². The van der Waals surface area contributed by atoms with E-state index < -0.39 is 43.0 Å². The zero-order valence-electron chi connectivity index (χ0n) is 14.8. The third kappa shape index (κ3) is 5.71. The summed E-state index contributed by atoms with van der Waals surface area (Å²) in [5.74, 6) is -1.64. The Bertz CT molecular complexity index is 777. The molecule has 0 radical (unpaired) electrons. The van der Waals surface area contributed by atoms with Gasteiger partial charge in [-0.05, 0) is 24.3 Å². The number of hydrogen-bond donors (Lipinski definition) is 3. The largest absolute Gasteiger partial charge is 0.459 e. The predicted octanol–water partition coefficient (Wildman–Crippen LogP) is 0.351. The van der Waals surface area contributed by atoms with Gasteiger partial charge in [0.25, 0.3) is 0 Å². The number of aldehydes is 1. The summed E-state index contributed by atoms with van der Waals surface area (Å²) in [5.41, 5.74) is 0.368. The van der Waals surface area contributed by atoms with Crippen LogP contribution in [0, 0.1) is 0 Å². The molecule has 148 valence electrons. The van der Waals surface area contributed by atoms with Crippen molar-refractivity contribution in [3.8, 4) is 0 Å². The minimum absolute atomic E-state index is 0.0643. The molecule has 0 saturated heterocycles. The zero-order chi connectivity index (χ0) is 20.5. The summed E-state index contributed by atoms with van der Waals surface area (Å²) in [6.07, 6.45) is -7.17. The quantitative estimate of drug-likeness (QED) is 0.414. The summed E-state index contributed by atoms with van der Waals surface area (Å²) >= 11 is 0. The summed E-state index contributed by atoms with van der Waals surface area (Å²) in [6.45, 7) is -0.639. The topological polar surface area (TPSA) is 130 Å². The molecule has 0 bridgehead atoms. The van der Waals surface area contributed by atoms with Gasteiger partial charge >= 0.3 is 11.9 Å². The van der Waals surface area contributed by atoms with Crippen molar-refractivity contribution >= 4 is 18.2 Å². The Kier molecular flexibility index (Phi) is 7.82. The summed E-state index contributed by atoms with van der Waals surface area (Å²) < 4.78 is 9.90. The Labute approximate surface area is 161 Å². The van der Waals surface area contributed by atoms with Gasteiger partial charge in [-0.25, -0.2) is 9.59 Å². The number of esters is 2. The number of aliphatic hydroxyl groups is 3. The average molecular weight is 388 g/mol. The van der Waals surface area contributed by atoms with Gasteiger partial charge < -0.3 is 29.6 Å². The Morgan fingerprint density at radius 3 is 1.86 bits per heavy atom. The highest BCUT2D eigenvalue weighted by atomic mass is 16.6. The molecule has 0 spiro atoms. The molecule has 0 fully saturated rings. The molecule has 0 aliphatic carbocycles. The molecule has 4 unspecified atom stereocenters. The van der Waals surface area contributed by atoms with Crippen LogP contribution < -0.4 is 0 Å². The second-order valence-corrected chi connectivity index (χ2v) is 5.89. The van der Waals surface area contributed by atoms with Gasteiger partial charge in [-0.3, -0.25) is 0 Å². The highest BCUT2D eigenvalue weighted by molar-refractivity contribution is 5.90. The maximum Gasteiger partial charge on any atom is 0.338 e. The molecule has 0 heterocycles. The van der Waals surface area contributed by atoms with Crippen molar-refractivity contribution < 1.29 is 39.2 Å². The van der Waals surface area contributed by atoms with Crippen molar-refractivity contribution in [2.75, 3.05) is 6.61 Å². The number of carbonyl (C=O) groups is 3. The average Bonchev–Trinajstić information content (AvgIpc) is 2.75. The fraction of sp³-hybridized carbons (Fsp3) is 0.250. The molecule has 0 saturated carbocycles. The molecule has 2 aromatic carbocycles.